The third kappa shape index (κ3) is 6.04. The normalized spacial score (nSPS) is 9.50. The van der Waals surface area contributed by atoms with Gasteiger partial charge < -0.3 is 16.0 Å². The van der Waals surface area contributed by atoms with E-state index in [4.69, 9.17) is 0 Å². The minimum absolute atomic E-state index is 0. The van der Waals surface area contributed by atoms with E-state index in [1.807, 2.05) is 14.0 Å². The number of hydrogen-bond acceptors (Lipinski definition) is 3. The number of hydrogen-bond donors (Lipinski definition) is 3. The number of carbonyl (C=O) groups is 2. The van der Waals surface area contributed by atoms with E-state index in [1.54, 1.807) is 24.3 Å². The van der Waals surface area contributed by atoms with Crippen molar-refractivity contribution in [1.29, 1.82) is 0 Å². The van der Waals surface area contributed by atoms with Crippen LogP contribution >= 0.6 is 12.4 Å². The van der Waals surface area contributed by atoms with Crippen LogP contribution in [0.3, 0.4) is 0 Å². The quantitative estimate of drug-likeness (QED) is 0.672. The van der Waals surface area contributed by atoms with Crippen LogP contribution in [-0.2, 0) is 4.79 Å². The molecular weight excluding hydrogens is 278 g/mol. The molecule has 3 N–H and O–H groups in total. The zero-order chi connectivity index (χ0) is 14.1. The van der Waals surface area contributed by atoms with Crippen molar-refractivity contribution in [3.8, 4) is 0 Å². The van der Waals surface area contributed by atoms with E-state index in [0.717, 1.165) is 13.0 Å². The highest BCUT2D eigenvalue weighted by atomic mass is 35.5. The fraction of sp³-hybridized carbons (Fsp3) is 0.429. The summed E-state index contributed by atoms with van der Waals surface area (Å²) < 4.78 is 0. The fourth-order valence-corrected chi connectivity index (χ4v) is 1.68. The molecule has 0 aliphatic carbocycles. The summed E-state index contributed by atoms with van der Waals surface area (Å²) in [5.74, 6) is -0.249. The molecule has 112 valence electrons. The molecule has 0 saturated carbocycles. The Morgan fingerprint density at radius 2 is 1.90 bits per heavy atom. The molecule has 1 aromatic rings. The van der Waals surface area contributed by atoms with Crippen molar-refractivity contribution in [2.45, 2.75) is 19.8 Å². The average molecular weight is 300 g/mol. The highest BCUT2D eigenvalue weighted by Gasteiger charge is 2.11. The Hall–Kier alpha value is -1.59. The van der Waals surface area contributed by atoms with Crippen LogP contribution in [0.25, 0.3) is 0 Å². The number of amides is 2. The number of anilines is 1. The molecule has 0 aliphatic rings. The molecule has 0 heterocycles. The van der Waals surface area contributed by atoms with Crippen LogP contribution < -0.4 is 16.0 Å². The lowest BCUT2D eigenvalue weighted by Gasteiger charge is -2.10. The Bertz CT molecular complexity index is 438. The van der Waals surface area contributed by atoms with Gasteiger partial charge in [0.1, 0.15) is 0 Å². The molecule has 20 heavy (non-hydrogen) atoms. The van der Waals surface area contributed by atoms with Crippen molar-refractivity contribution in [3.05, 3.63) is 29.8 Å². The molecule has 0 fully saturated rings. The second kappa shape index (κ2) is 10.2. The van der Waals surface area contributed by atoms with Gasteiger partial charge in [-0.15, -0.1) is 12.4 Å². The van der Waals surface area contributed by atoms with Crippen LogP contribution in [0.15, 0.2) is 24.3 Å². The number of para-hydroxylation sites is 1. The Balaban J connectivity index is 0.00000361. The zero-order valence-electron chi connectivity index (χ0n) is 11.9. The standard InChI is InChI=1S/C14H21N3O2.ClH/c1-3-16-14(19)11-7-4-5-8-12(11)17-13(18)9-6-10-15-2;/h4-5,7-8,15H,3,6,9-10H2,1-2H3,(H,16,19)(H,17,18);1H. The first-order valence-electron chi connectivity index (χ1n) is 6.50. The van der Waals surface area contributed by atoms with Gasteiger partial charge in [0, 0.05) is 13.0 Å². The first-order chi connectivity index (χ1) is 9.19. The van der Waals surface area contributed by atoms with Crippen LogP contribution in [0.4, 0.5) is 5.69 Å². The molecule has 0 saturated heterocycles. The summed E-state index contributed by atoms with van der Waals surface area (Å²) in [6.07, 6.45) is 1.20. The monoisotopic (exact) mass is 299 g/mol. The molecule has 1 aromatic carbocycles. The van der Waals surface area contributed by atoms with Crippen molar-refractivity contribution in [2.75, 3.05) is 25.5 Å². The smallest absolute Gasteiger partial charge is 0.253 e. The SMILES string of the molecule is CCNC(=O)c1ccccc1NC(=O)CCCNC.Cl. The minimum Gasteiger partial charge on any atom is -0.352 e. The van der Waals surface area contributed by atoms with Crippen LogP contribution in [0.1, 0.15) is 30.1 Å². The van der Waals surface area contributed by atoms with E-state index in [1.165, 1.54) is 0 Å². The summed E-state index contributed by atoms with van der Waals surface area (Å²) in [5.41, 5.74) is 1.05. The van der Waals surface area contributed by atoms with E-state index in [9.17, 15) is 9.59 Å². The Morgan fingerprint density at radius 3 is 2.55 bits per heavy atom. The minimum atomic E-state index is -0.173. The lowest BCUT2D eigenvalue weighted by Crippen LogP contribution is -2.25. The highest BCUT2D eigenvalue weighted by molar-refractivity contribution is 6.03. The van der Waals surface area contributed by atoms with Gasteiger partial charge >= 0.3 is 0 Å². The average Bonchev–Trinajstić information content (AvgIpc) is 2.40. The van der Waals surface area contributed by atoms with Crippen LogP contribution in [0.2, 0.25) is 0 Å². The predicted molar refractivity (Wildman–Crippen MR) is 83.5 cm³/mol. The molecule has 0 atom stereocenters. The third-order valence-corrected chi connectivity index (χ3v) is 2.61. The van der Waals surface area contributed by atoms with Gasteiger partial charge in [0.2, 0.25) is 5.91 Å². The molecule has 1 rings (SSSR count). The van der Waals surface area contributed by atoms with E-state index in [2.05, 4.69) is 16.0 Å². The number of rotatable bonds is 7. The summed E-state index contributed by atoms with van der Waals surface area (Å²) in [4.78, 5) is 23.6. The van der Waals surface area contributed by atoms with E-state index < -0.39 is 0 Å². The third-order valence-electron chi connectivity index (χ3n) is 2.61. The van der Waals surface area contributed by atoms with Crippen LogP contribution in [0, 0.1) is 0 Å². The number of benzene rings is 1. The lowest BCUT2D eigenvalue weighted by molar-refractivity contribution is -0.116. The first-order valence-corrected chi connectivity index (χ1v) is 6.50. The maximum absolute atomic E-state index is 11.8. The molecule has 0 bridgehead atoms. The van der Waals surface area contributed by atoms with Gasteiger partial charge in [-0.05, 0) is 39.1 Å². The summed E-state index contributed by atoms with van der Waals surface area (Å²) >= 11 is 0. The largest absolute Gasteiger partial charge is 0.352 e. The molecule has 2 amide bonds. The maximum Gasteiger partial charge on any atom is 0.253 e. The van der Waals surface area contributed by atoms with Crippen LogP contribution in [-0.4, -0.2) is 32.0 Å². The van der Waals surface area contributed by atoms with Crippen molar-refractivity contribution in [1.82, 2.24) is 10.6 Å². The van der Waals surface area contributed by atoms with Gasteiger partial charge in [0.25, 0.3) is 5.91 Å². The van der Waals surface area contributed by atoms with Crippen molar-refractivity contribution in [3.63, 3.8) is 0 Å². The zero-order valence-corrected chi connectivity index (χ0v) is 12.7. The lowest BCUT2D eigenvalue weighted by atomic mass is 10.1. The first kappa shape index (κ1) is 18.4. The molecule has 0 radical (unpaired) electrons. The predicted octanol–water partition coefficient (Wildman–Crippen LogP) is 1.80. The molecular formula is C14H22ClN3O2. The summed E-state index contributed by atoms with van der Waals surface area (Å²) in [6.45, 7) is 3.21. The topological polar surface area (TPSA) is 70.2 Å². The van der Waals surface area contributed by atoms with Crippen molar-refractivity contribution < 1.29 is 9.59 Å². The maximum atomic E-state index is 11.8. The van der Waals surface area contributed by atoms with Gasteiger partial charge in [0.05, 0.1) is 11.3 Å². The van der Waals surface area contributed by atoms with Crippen LogP contribution in [0.5, 0.6) is 0 Å². The Labute approximate surface area is 125 Å². The Morgan fingerprint density at radius 1 is 1.20 bits per heavy atom. The van der Waals surface area contributed by atoms with Gasteiger partial charge in [-0.1, -0.05) is 12.1 Å². The Kier molecular flexibility index (Phi) is 9.41. The number of nitrogens with one attached hydrogen (secondary N) is 3. The second-order valence-corrected chi connectivity index (χ2v) is 4.16. The molecule has 0 aliphatic heterocycles. The van der Waals surface area contributed by atoms with E-state index in [0.29, 0.717) is 24.2 Å². The second-order valence-electron chi connectivity index (χ2n) is 4.16. The van der Waals surface area contributed by atoms with E-state index >= 15 is 0 Å². The van der Waals surface area contributed by atoms with Gasteiger partial charge in [-0.25, -0.2) is 0 Å². The summed E-state index contributed by atoms with van der Waals surface area (Å²) in [6, 6.07) is 7.02. The summed E-state index contributed by atoms with van der Waals surface area (Å²) in [5, 5.41) is 8.50. The summed E-state index contributed by atoms with van der Waals surface area (Å²) in [7, 11) is 1.85. The van der Waals surface area contributed by atoms with Gasteiger partial charge in [-0.2, -0.15) is 0 Å². The molecule has 6 heteroatoms. The number of halogens is 1. The molecule has 0 spiro atoms. The highest BCUT2D eigenvalue weighted by Crippen LogP contribution is 2.15. The van der Waals surface area contributed by atoms with Crippen molar-refractivity contribution >= 4 is 29.9 Å². The fourth-order valence-electron chi connectivity index (χ4n) is 1.68. The van der Waals surface area contributed by atoms with Gasteiger partial charge in [0.15, 0.2) is 0 Å². The molecule has 0 aromatic heterocycles. The van der Waals surface area contributed by atoms with E-state index in [-0.39, 0.29) is 24.2 Å². The van der Waals surface area contributed by atoms with Crippen molar-refractivity contribution in [2.24, 2.45) is 0 Å². The molecule has 5 nitrogen and oxygen atoms in total. The molecule has 0 unspecified atom stereocenters. The van der Waals surface area contributed by atoms with Gasteiger partial charge in [-0.3, -0.25) is 9.59 Å². The number of carbonyl (C=O) groups excluding carboxylic acids is 2.